The number of carbonyl (C=O) groups is 2. The molecule has 0 aliphatic heterocycles. The van der Waals surface area contributed by atoms with E-state index in [1.807, 2.05) is 0 Å². The van der Waals surface area contributed by atoms with Crippen molar-refractivity contribution in [2.24, 2.45) is 0 Å². The van der Waals surface area contributed by atoms with E-state index in [0.717, 1.165) is 0 Å². The van der Waals surface area contributed by atoms with Crippen LogP contribution in [0, 0.1) is 0 Å². The van der Waals surface area contributed by atoms with Crippen LogP contribution in [0.15, 0.2) is 0 Å². The van der Waals surface area contributed by atoms with Crippen LogP contribution >= 0.6 is 40.4 Å². The lowest BCUT2D eigenvalue weighted by Crippen LogP contribution is -2.30. The Morgan fingerprint density at radius 3 is 1.50 bits per heavy atom. The predicted molar refractivity (Wildman–Crippen MR) is 82.7 cm³/mol. The van der Waals surface area contributed by atoms with E-state index in [2.05, 4.69) is 29.0 Å². The Kier molecular flexibility index (Phi) is 11.5. The summed E-state index contributed by atoms with van der Waals surface area (Å²) in [4.78, 5) is 21.4. The molecule has 0 aromatic heterocycles. The van der Waals surface area contributed by atoms with E-state index in [9.17, 15) is 9.59 Å². The minimum atomic E-state index is -0.867. The Morgan fingerprint density at radius 2 is 1.28 bits per heavy atom. The van der Waals surface area contributed by atoms with Crippen LogP contribution in [0.3, 0.4) is 0 Å². The number of aliphatic carboxylic acids is 2. The second kappa shape index (κ2) is 11.3. The summed E-state index contributed by atoms with van der Waals surface area (Å²) in [5.74, 6) is -0.327. The number of nitrogens with one attached hydrogen (secondary N) is 2. The van der Waals surface area contributed by atoms with Gasteiger partial charge in [0.2, 0.25) is 0 Å². The zero-order chi connectivity index (χ0) is 14.0. The minimum Gasteiger partial charge on any atom is -0.480 e. The molecular weight excluding hydrogens is 314 g/mol. The van der Waals surface area contributed by atoms with Crippen molar-refractivity contribution in [3.63, 3.8) is 0 Å². The van der Waals surface area contributed by atoms with E-state index in [-0.39, 0.29) is 0 Å². The van der Waals surface area contributed by atoms with E-state index in [4.69, 9.17) is 10.2 Å². The van der Waals surface area contributed by atoms with Gasteiger partial charge in [0.25, 0.3) is 0 Å². The lowest BCUT2D eigenvalue weighted by Gasteiger charge is -2.11. The molecule has 0 aliphatic carbocycles. The van der Waals surface area contributed by atoms with E-state index in [0.29, 0.717) is 24.3 Å². The van der Waals surface area contributed by atoms with Crippen molar-refractivity contribution in [3.8, 4) is 0 Å². The van der Waals surface area contributed by atoms with Crippen LogP contribution in [0.5, 0.6) is 0 Å². The van der Waals surface area contributed by atoms with Crippen molar-refractivity contribution < 1.29 is 19.8 Å². The largest absolute Gasteiger partial charge is 0.480 e. The molecule has 2 unspecified atom stereocenters. The van der Waals surface area contributed by atoms with Gasteiger partial charge in [0.15, 0.2) is 0 Å². The highest BCUT2D eigenvalue weighted by Gasteiger charge is 2.15. The van der Waals surface area contributed by atoms with Gasteiger partial charge in [-0.1, -0.05) is 40.4 Å². The fourth-order valence-electron chi connectivity index (χ4n) is 1.01. The Labute approximate surface area is 119 Å². The Bertz CT molecular complexity index is 247. The highest BCUT2D eigenvalue weighted by molar-refractivity contribution is 8.76. The topological polar surface area (TPSA) is 98.7 Å². The predicted octanol–water partition coefficient (Wildman–Crippen LogP) is 0.814. The smallest absolute Gasteiger partial charge is 0.320 e. The highest BCUT2D eigenvalue weighted by Crippen LogP contribution is 2.24. The molecule has 0 amide bonds. The molecule has 106 valence electrons. The third-order valence-corrected chi connectivity index (χ3v) is 5.34. The van der Waals surface area contributed by atoms with Gasteiger partial charge >= 0.3 is 11.9 Å². The fraction of sp³-hybridized carbons (Fsp3) is 0.750. The average Bonchev–Trinajstić information content (AvgIpc) is 2.32. The lowest BCUT2D eigenvalue weighted by molar-refractivity contribution is -0.139. The van der Waals surface area contributed by atoms with E-state index >= 15 is 0 Å². The number of carboxylic acids is 2. The maximum atomic E-state index is 10.7. The molecule has 0 aromatic carbocycles. The third kappa shape index (κ3) is 8.51. The van der Waals surface area contributed by atoms with Gasteiger partial charge in [-0.2, -0.15) is 0 Å². The van der Waals surface area contributed by atoms with Crippen LogP contribution in [0.25, 0.3) is 0 Å². The maximum Gasteiger partial charge on any atom is 0.320 e. The first-order valence-corrected chi connectivity index (χ1v) is 8.79. The van der Waals surface area contributed by atoms with Crippen LogP contribution in [-0.2, 0) is 9.59 Å². The van der Waals surface area contributed by atoms with Gasteiger partial charge in [-0.25, -0.2) is 0 Å². The molecule has 18 heavy (non-hydrogen) atoms. The SMILES string of the molecule is O=C(O)[C@H](CCSSCC[C@H](NP)C(=O)O)NP. The number of hydrogen-bond donors (Lipinski definition) is 4. The van der Waals surface area contributed by atoms with Crippen molar-refractivity contribution >= 4 is 52.3 Å². The van der Waals surface area contributed by atoms with Gasteiger partial charge in [-0.3, -0.25) is 19.8 Å². The quantitative estimate of drug-likeness (QED) is 0.251. The van der Waals surface area contributed by atoms with Crippen LogP contribution in [0.2, 0.25) is 0 Å². The second-order valence-electron chi connectivity index (χ2n) is 3.34. The Balaban J connectivity index is 3.56. The molecule has 4 atom stereocenters. The summed E-state index contributed by atoms with van der Waals surface area (Å²) < 4.78 is 0. The summed E-state index contributed by atoms with van der Waals surface area (Å²) in [6.07, 6.45) is 1.06. The van der Waals surface area contributed by atoms with Gasteiger partial charge in [0, 0.05) is 11.5 Å². The summed E-state index contributed by atoms with van der Waals surface area (Å²) in [6.45, 7) is 0. The van der Waals surface area contributed by atoms with Gasteiger partial charge in [0.1, 0.15) is 12.1 Å². The lowest BCUT2D eigenvalue weighted by atomic mass is 10.2. The van der Waals surface area contributed by atoms with Gasteiger partial charge in [-0.15, -0.1) is 0 Å². The average molecular weight is 332 g/mol. The fourth-order valence-corrected chi connectivity index (χ4v) is 3.81. The summed E-state index contributed by atoms with van der Waals surface area (Å²) >= 11 is 0. The monoisotopic (exact) mass is 332 g/mol. The molecule has 4 N–H and O–H groups in total. The van der Waals surface area contributed by atoms with Crippen molar-refractivity contribution in [3.05, 3.63) is 0 Å². The first-order chi connectivity index (χ1) is 8.52. The summed E-state index contributed by atoms with van der Waals surface area (Å²) in [6, 6.07) is -1.10. The Morgan fingerprint density at radius 1 is 0.944 bits per heavy atom. The highest BCUT2D eigenvalue weighted by atomic mass is 33.1. The van der Waals surface area contributed by atoms with Crippen LogP contribution in [0.1, 0.15) is 12.8 Å². The summed E-state index contributed by atoms with van der Waals surface area (Å²) in [5, 5.41) is 22.8. The molecule has 0 fully saturated rings. The van der Waals surface area contributed by atoms with Crippen molar-refractivity contribution in [1.29, 1.82) is 0 Å². The number of hydrogen-bond acceptors (Lipinski definition) is 6. The van der Waals surface area contributed by atoms with Crippen molar-refractivity contribution in [2.75, 3.05) is 11.5 Å². The van der Waals surface area contributed by atoms with Crippen molar-refractivity contribution in [2.45, 2.75) is 24.9 Å². The molecule has 6 nitrogen and oxygen atoms in total. The molecule has 0 aromatic rings. The molecular formula is C8H18N2O4P2S2. The van der Waals surface area contributed by atoms with Crippen LogP contribution < -0.4 is 10.2 Å². The zero-order valence-corrected chi connectivity index (χ0v) is 13.6. The third-order valence-electron chi connectivity index (χ3n) is 2.06. The molecule has 0 spiro atoms. The molecule has 0 aliphatic rings. The molecule has 0 bridgehead atoms. The standard InChI is InChI=1S/C8H18N2O4P2S2/c11-7(12)5(9-15)1-3-17-18-4-2-6(10-16)8(13)14/h5-6,9-10H,1-4,15-16H2,(H,11,12)(H,13,14)/t5-,6-/m0/s1. The maximum absolute atomic E-state index is 10.7. The Hall–Kier alpha value is 0.420. The molecule has 0 saturated heterocycles. The molecule has 0 rings (SSSR count). The van der Waals surface area contributed by atoms with Gasteiger partial charge in [0.05, 0.1) is 0 Å². The number of rotatable bonds is 11. The normalized spacial score (nSPS) is 14.1. The van der Waals surface area contributed by atoms with E-state index < -0.39 is 24.0 Å². The first kappa shape index (κ1) is 18.4. The molecule has 0 heterocycles. The first-order valence-electron chi connectivity index (χ1n) is 5.15. The van der Waals surface area contributed by atoms with Gasteiger partial charge < -0.3 is 10.2 Å². The summed E-state index contributed by atoms with van der Waals surface area (Å²) in [7, 11) is 7.51. The van der Waals surface area contributed by atoms with Crippen molar-refractivity contribution in [1.82, 2.24) is 10.2 Å². The molecule has 0 radical (unpaired) electrons. The van der Waals surface area contributed by atoms with E-state index in [1.54, 1.807) is 21.6 Å². The zero-order valence-electron chi connectivity index (χ0n) is 9.67. The van der Waals surface area contributed by atoms with Gasteiger partial charge in [-0.05, 0) is 12.8 Å². The van der Waals surface area contributed by atoms with Crippen LogP contribution in [0.4, 0.5) is 0 Å². The van der Waals surface area contributed by atoms with E-state index in [1.165, 1.54) is 0 Å². The molecule has 0 saturated carbocycles. The number of carboxylic acid groups (broad SMARTS) is 2. The summed E-state index contributed by atoms with van der Waals surface area (Å²) in [5.41, 5.74) is 0. The molecule has 10 heteroatoms. The minimum absolute atomic E-state index is 0.529. The van der Waals surface area contributed by atoms with Crippen LogP contribution in [-0.4, -0.2) is 45.7 Å². The second-order valence-corrected chi connectivity index (χ2v) is 6.71.